The Kier molecular flexibility index (Phi) is 6.18. The highest BCUT2D eigenvalue weighted by Gasteiger charge is 2.26. The van der Waals surface area contributed by atoms with E-state index in [1.54, 1.807) is 24.1 Å². The number of hydrogen-bond donors (Lipinski definition) is 1. The van der Waals surface area contributed by atoms with E-state index in [0.717, 1.165) is 43.6 Å². The summed E-state index contributed by atoms with van der Waals surface area (Å²) in [4.78, 5) is 14.9. The molecule has 156 valence electrons. The van der Waals surface area contributed by atoms with Crippen molar-refractivity contribution in [2.24, 2.45) is 0 Å². The molecule has 0 bridgehead atoms. The van der Waals surface area contributed by atoms with E-state index in [1.165, 1.54) is 0 Å². The molecule has 1 aromatic heterocycles. The number of methoxy groups -OCH3 is 1. The van der Waals surface area contributed by atoms with Crippen LogP contribution < -0.4 is 15.0 Å². The number of anilines is 2. The molecule has 0 saturated heterocycles. The number of carbonyl (C=O) groups excluding carboxylic acids is 1. The average molecular weight is 426 g/mol. The van der Waals surface area contributed by atoms with E-state index in [0.29, 0.717) is 22.4 Å². The van der Waals surface area contributed by atoms with Crippen LogP contribution in [0.1, 0.15) is 30.7 Å². The number of hydrogen-bond acceptors (Lipinski definition) is 4. The standard InChI is InChI=1S/C22H24ClN5O2/c1-30-19-12-11-17(23)14-16(19)15-28(22(29)24-18-8-4-2-5-9-18)21-26-25-20-10-6-3-7-13-27(20)21/h2,4-5,8-9,11-12,14H,3,6-7,10,13,15H2,1H3,(H,24,29). The largest absolute Gasteiger partial charge is 0.496 e. The lowest BCUT2D eigenvalue weighted by atomic mass is 10.2. The minimum absolute atomic E-state index is 0.251. The van der Waals surface area contributed by atoms with Crippen molar-refractivity contribution < 1.29 is 9.53 Å². The number of rotatable bonds is 5. The minimum Gasteiger partial charge on any atom is -0.496 e. The van der Waals surface area contributed by atoms with Crippen molar-refractivity contribution in [2.45, 2.75) is 38.8 Å². The van der Waals surface area contributed by atoms with Crippen LogP contribution in [0.3, 0.4) is 0 Å². The van der Waals surface area contributed by atoms with Crippen molar-refractivity contribution in [3.63, 3.8) is 0 Å². The van der Waals surface area contributed by atoms with Crippen LogP contribution in [0.4, 0.5) is 16.4 Å². The molecule has 30 heavy (non-hydrogen) atoms. The third kappa shape index (κ3) is 4.41. The maximum absolute atomic E-state index is 13.3. The first-order chi connectivity index (χ1) is 14.7. The Labute approximate surface area is 180 Å². The molecule has 0 saturated carbocycles. The second-order valence-electron chi connectivity index (χ2n) is 7.22. The topological polar surface area (TPSA) is 72.3 Å². The van der Waals surface area contributed by atoms with E-state index in [1.807, 2.05) is 36.4 Å². The number of fused-ring (bicyclic) bond motifs is 1. The highest BCUT2D eigenvalue weighted by molar-refractivity contribution is 6.30. The molecule has 0 atom stereocenters. The van der Waals surface area contributed by atoms with Crippen LogP contribution in [-0.4, -0.2) is 27.9 Å². The summed E-state index contributed by atoms with van der Waals surface area (Å²) in [5, 5.41) is 12.3. The minimum atomic E-state index is -0.289. The first-order valence-electron chi connectivity index (χ1n) is 10.0. The normalized spacial score (nSPS) is 13.3. The smallest absolute Gasteiger partial charge is 0.329 e. The maximum Gasteiger partial charge on any atom is 0.329 e. The Hall–Kier alpha value is -3.06. The predicted octanol–water partition coefficient (Wildman–Crippen LogP) is 4.91. The number of aryl methyl sites for hydroxylation is 1. The average Bonchev–Trinajstić information content (AvgIpc) is 3.00. The molecule has 1 aliphatic heterocycles. The van der Waals surface area contributed by atoms with Gasteiger partial charge in [0, 0.05) is 29.2 Å². The van der Waals surface area contributed by atoms with E-state index in [9.17, 15) is 4.79 Å². The number of aromatic nitrogens is 3. The molecule has 3 aromatic rings. The molecule has 1 aliphatic rings. The molecule has 7 nitrogen and oxygen atoms in total. The first-order valence-corrected chi connectivity index (χ1v) is 10.4. The molecule has 0 unspecified atom stereocenters. The van der Waals surface area contributed by atoms with Crippen LogP contribution in [0.25, 0.3) is 0 Å². The number of amides is 2. The van der Waals surface area contributed by atoms with Gasteiger partial charge in [-0.1, -0.05) is 36.2 Å². The van der Waals surface area contributed by atoms with E-state index in [4.69, 9.17) is 16.3 Å². The van der Waals surface area contributed by atoms with Gasteiger partial charge in [0.1, 0.15) is 11.6 Å². The Morgan fingerprint density at radius 2 is 2.00 bits per heavy atom. The van der Waals surface area contributed by atoms with Gasteiger partial charge in [0.2, 0.25) is 5.95 Å². The molecule has 0 aliphatic carbocycles. The lowest BCUT2D eigenvalue weighted by Crippen LogP contribution is -2.36. The van der Waals surface area contributed by atoms with E-state index >= 15 is 0 Å². The summed E-state index contributed by atoms with van der Waals surface area (Å²) in [5.41, 5.74) is 1.50. The van der Waals surface area contributed by atoms with Crippen LogP contribution in [0.15, 0.2) is 48.5 Å². The van der Waals surface area contributed by atoms with Gasteiger partial charge in [-0.2, -0.15) is 0 Å². The lowest BCUT2D eigenvalue weighted by Gasteiger charge is -2.24. The third-order valence-corrected chi connectivity index (χ3v) is 5.41. The summed E-state index contributed by atoms with van der Waals surface area (Å²) in [7, 11) is 1.60. The van der Waals surface area contributed by atoms with Crippen LogP contribution in [0.5, 0.6) is 5.75 Å². The van der Waals surface area contributed by atoms with Gasteiger partial charge in [0.25, 0.3) is 0 Å². The van der Waals surface area contributed by atoms with Crippen molar-refractivity contribution in [2.75, 3.05) is 17.3 Å². The number of nitrogens with one attached hydrogen (secondary N) is 1. The Morgan fingerprint density at radius 3 is 2.80 bits per heavy atom. The summed E-state index contributed by atoms with van der Waals surface area (Å²) >= 11 is 6.22. The molecular weight excluding hydrogens is 402 g/mol. The van der Waals surface area contributed by atoms with Gasteiger partial charge in [-0.3, -0.25) is 9.47 Å². The van der Waals surface area contributed by atoms with Crippen LogP contribution in [0, 0.1) is 0 Å². The number of nitrogens with zero attached hydrogens (tertiary/aromatic N) is 4. The van der Waals surface area contributed by atoms with Crippen LogP contribution in [-0.2, 0) is 19.5 Å². The molecular formula is C22H24ClN5O2. The second kappa shape index (κ2) is 9.17. The zero-order chi connectivity index (χ0) is 20.9. The van der Waals surface area contributed by atoms with Crippen molar-refractivity contribution in [1.82, 2.24) is 14.8 Å². The van der Waals surface area contributed by atoms with Crippen LogP contribution in [0.2, 0.25) is 5.02 Å². The van der Waals surface area contributed by atoms with Crippen LogP contribution >= 0.6 is 11.6 Å². The van der Waals surface area contributed by atoms with Gasteiger partial charge in [-0.05, 0) is 43.2 Å². The maximum atomic E-state index is 13.3. The van der Waals surface area contributed by atoms with Gasteiger partial charge in [0.05, 0.1) is 13.7 Å². The number of benzene rings is 2. The summed E-state index contributed by atoms with van der Waals surface area (Å²) in [6.07, 6.45) is 4.12. The summed E-state index contributed by atoms with van der Waals surface area (Å²) < 4.78 is 7.54. The molecule has 1 N–H and O–H groups in total. The number of para-hydroxylation sites is 1. The molecule has 4 rings (SSSR count). The van der Waals surface area contributed by atoms with Crippen molar-refractivity contribution >= 4 is 29.3 Å². The van der Waals surface area contributed by atoms with Crippen molar-refractivity contribution in [3.05, 3.63) is 64.9 Å². The first kappa shape index (κ1) is 20.2. The van der Waals surface area contributed by atoms with Gasteiger partial charge >= 0.3 is 6.03 Å². The monoisotopic (exact) mass is 425 g/mol. The molecule has 0 radical (unpaired) electrons. The fourth-order valence-electron chi connectivity index (χ4n) is 3.66. The highest BCUT2D eigenvalue weighted by Crippen LogP contribution is 2.28. The zero-order valence-electron chi connectivity index (χ0n) is 16.8. The molecule has 2 aromatic carbocycles. The third-order valence-electron chi connectivity index (χ3n) is 5.17. The van der Waals surface area contributed by atoms with Crippen molar-refractivity contribution in [3.8, 4) is 5.75 Å². The van der Waals surface area contributed by atoms with Crippen molar-refractivity contribution in [1.29, 1.82) is 0 Å². The van der Waals surface area contributed by atoms with Gasteiger partial charge in [-0.25, -0.2) is 4.79 Å². The molecule has 2 heterocycles. The fraction of sp³-hybridized carbons (Fsp3) is 0.318. The molecule has 0 fully saturated rings. The number of ether oxygens (including phenoxy) is 1. The summed E-state index contributed by atoms with van der Waals surface area (Å²) in [6, 6.07) is 14.4. The zero-order valence-corrected chi connectivity index (χ0v) is 17.6. The van der Waals surface area contributed by atoms with E-state index < -0.39 is 0 Å². The summed E-state index contributed by atoms with van der Waals surface area (Å²) in [5.74, 6) is 2.10. The summed E-state index contributed by atoms with van der Waals surface area (Å²) in [6.45, 7) is 1.04. The Bertz CT molecular complexity index is 1020. The van der Waals surface area contributed by atoms with Gasteiger partial charge in [-0.15, -0.1) is 10.2 Å². The molecule has 8 heteroatoms. The Morgan fingerprint density at radius 1 is 1.17 bits per heavy atom. The number of urea groups is 1. The van der Waals surface area contributed by atoms with Gasteiger partial charge in [0.15, 0.2) is 0 Å². The van der Waals surface area contributed by atoms with E-state index in [-0.39, 0.29) is 12.6 Å². The number of halogens is 1. The number of carbonyl (C=O) groups is 1. The highest BCUT2D eigenvalue weighted by atomic mass is 35.5. The quantitative estimate of drug-likeness (QED) is 0.630. The molecule has 0 spiro atoms. The second-order valence-corrected chi connectivity index (χ2v) is 7.65. The SMILES string of the molecule is COc1ccc(Cl)cc1CN(C(=O)Nc1ccccc1)c1nnc2n1CCCCC2. The predicted molar refractivity (Wildman–Crippen MR) is 117 cm³/mol. The Balaban J connectivity index is 1.71. The lowest BCUT2D eigenvalue weighted by molar-refractivity contribution is 0.256. The van der Waals surface area contributed by atoms with Gasteiger partial charge < -0.3 is 10.1 Å². The van der Waals surface area contributed by atoms with E-state index in [2.05, 4.69) is 20.1 Å². The molecule has 2 amide bonds. The fourth-order valence-corrected chi connectivity index (χ4v) is 3.85.